The van der Waals surface area contributed by atoms with E-state index in [1.54, 1.807) is 25.3 Å². The first-order valence-corrected chi connectivity index (χ1v) is 8.47. The molecule has 1 aromatic heterocycles. The summed E-state index contributed by atoms with van der Waals surface area (Å²) in [4.78, 5) is 25.6. The van der Waals surface area contributed by atoms with Crippen molar-refractivity contribution in [2.45, 2.75) is 38.9 Å². The lowest BCUT2D eigenvalue weighted by atomic mass is 10.1. The first kappa shape index (κ1) is 17.8. The Morgan fingerprint density at radius 1 is 1.46 bits per heavy atom. The van der Waals surface area contributed by atoms with E-state index in [1.165, 1.54) is 27.9 Å². The zero-order chi connectivity index (χ0) is 18.7. The van der Waals surface area contributed by atoms with Gasteiger partial charge in [0.1, 0.15) is 12.4 Å². The Labute approximate surface area is 151 Å². The molecule has 1 aliphatic carbocycles. The molecule has 1 aromatic carbocycles. The van der Waals surface area contributed by atoms with Crippen LogP contribution in [0.15, 0.2) is 43.2 Å². The van der Waals surface area contributed by atoms with Crippen molar-refractivity contribution in [1.82, 2.24) is 15.1 Å². The van der Waals surface area contributed by atoms with E-state index in [4.69, 9.17) is 0 Å². The number of hydrogen-bond donors (Lipinski definition) is 1. The Kier molecular flexibility index (Phi) is 5.16. The summed E-state index contributed by atoms with van der Waals surface area (Å²) in [6.45, 7) is 5.56. The molecule has 1 saturated carbocycles. The number of aryl methyl sites for hydroxylation is 1. The van der Waals surface area contributed by atoms with Crippen molar-refractivity contribution < 1.29 is 14.0 Å². The Morgan fingerprint density at radius 3 is 2.88 bits per heavy atom. The molecule has 6 nitrogen and oxygen atoms in total. The second kappa shape index (κ2) is 7.51. The van der Waals surface area contributed by atoms with E-state index in [1.807, 2.05) is 0 Å². The van der Waals surface area contributed by atoms with Crippen molar-refractivity contribution in [3.8, 4) is 0 Å². The van der Waals surface area contributed by atoms with Gasteiger partial charge in [-0.1, -0.05) is 18.7 Å². The van der Waals surface area contributed by atoms with E-state index in [0.29, 0.717) is 11.3 Å². The average molecular weight is 356 g/mol. The molecule has 7 heteroatoms. The fraction of sp³-hybridized carbons (Fsp3) is 0.316. The summed E-state index contributed by atoms with van der Waals surface area (Å²) < 4.78 is 14.9. The number of anilines is 1. The van der Waals surface area contributed by atoms with E-state index in [-0.39, 0.29) is 36.8 Å². The lowest BCUT2D eigenvalue weighted by molar-refractivity contribution is -0.122. The smallest absolute Gasteiger partial charge is 0.250 e. The Bertz CT molecular complexity index is 842. The lowest BCUT2D eigenvalue weighted by Crippen LogP contribution is -2.30. The zero-order valence-electron chi connectivity index (χ0n) is 14.6. The van der Waals surface area contributed by atoms with Crippen LogP contribution in [0, 0.1) is 12.7 Å². The predicted octanol–water partition coefficient (Wildman–Crippen LogP) is 2.33. The van der Waals surface area contributed by atoms with Crippen LogP contribution in [0.5, 0.6) is 0 Å². The molecule has 1 aliphatic rings. The highest BCUT2D eigenvalue weighted by atomic mass is 19.1. The summed E-state index contributed by atoms with van der Waals surface area (Å²) in [5.41, 5.74) is 1.86. The molecular weight excluding hydrogens is 335 g/mol. The van der Waals surface area contributed by atoms with Crippen LogP contribution < -0.4 is 10.2 Å². The molecule has 0 radical (unpaired) electrons. The normalized spacial score (nSPS) is 13.3. The molecule has 26 heavy (non-hydrogen) atoms. The summed E-state index contributed by atoms with van der Waals surface area (Å²) in [5, 5.41) is 7.06. The Morgan fingerprint density at radius 2 is 2.23 bits per heavy atom. The standard InChI is InChI=1S/C19H21FN4O2/c1-3-19(26)24(10-14-4-7-17(20)13(2)8-14)16-9-21-23(11-16)12-18(25)22-15-5-6-15/h3-4,7-9,11,15H,1,5-6,10,12H2,2H3,(H,22,25). The summed E-state index contributed by atoms with van der Waals surface area (Å²) in [6.07, 6.45) is 6.43. The molecule has 1 fully saturated rings. The number of nitrogens with one attached hydrogen (secondary N) is 1. The number of amides is 2. The Balaban J connectivity index is 1.74. The van der Waals surface area contributed by atoms with Gasteiger partial charge in [-0.3, -0.25) is 14.3 Å². The monoisotopic (exact) mass is 356 g/mol. The highest BCUT2D eigenvalue weighted by molar-refractivity contribution is 6.00. The maximum Gasteiger partial charge on any atom is 0.250 e. The molecule has 1 heterocycles. The van der Waals surface area contributed by atoms with Gasteiger partial charge in [-0.2, -0.15) is 5.10 Å². The van der Waals surface area contributed by atoms with Gasteiger partial charge < -0.3 is 10.2 Å². The number of hydrogen-bond acceptors (Lipinski definition) is 3. The molecule has 2 aromatic rings. The van der Waals surface area contributed by atoms with E-state index >= 15 is 0 Å². The topological polar surface area (TPSA) is 67.2 Å². The molecule has 0 unspecified atom stereocenters. The van der Waals surface area contributed by atoms with Crippen LogP contribution >= 0.6 is 0 Å². The predicted molar refractivity (Wildman–Crippen MR) is 95.9 cm³/mol. The number of halogens is 1. The largest absolute Gasteiger partial charge is 0.352 e. The SMILES string of the molecule is C=CC(=O)N(Cc1ccc(F)c(C)c1)c1cnn(CC(=O)NC2CC2)c1. The van der Waals surface area contributed by atoms with E-state index in [9.17, 15) is 14.0 Å². The molecule has 1 N–H and O–H groups in total. The molecule has 0 atom stereocenters. The van der Waals surface area contributed by atoms with E-state index < -0.39 is 0 Å². The number of aromatic nitrogens is 2. The van der Waals surface area contributed by atoms with Crippen molar-refractivity contribution in [2.24, 2.45) is 0 Å². The summed E-state index contributed by atoms with van der Waals surface area (Å²) >= 11 is 0. The second-order valence-electron chi connectivity index (χ2n) is 6.45. The van der Waals surface area contributed by atoms with Crippen molar-refractivity contribution in [3.63, 3.8) is 0 Å². The molecule has 0 bridgehead atoms. The van der Waals surface area contributed by atoms with E-state index in [2.05, 4.69) is 17.0 Å². The lowest BCUT2D eigenvalue weighted by Gasteiger charge is -2.19. The minimum atomic E-state index is -0.297. The fourth-order valence-corrected chi connectivity index (χ4v) is 2.62. The van der Waals surface area contributed by atoms with Gasteiger partial charge in [-0.15, -0.1) is 0 Å². The average Bonchev–Trinajstić information content (AvgIpc) is 3.30. The van der Waals surface area contributed by atoms with Gasteiger partial charge in [0.05, 0.1) is 18.4 Å². The highest BCUT2D eigenvalue weighted by Gasteiger charge is 2.23. The number of carbonyl (C=O) groups excluding carboxylic acids is 2. The van der Waals surface area contributed by atoms with Crippen LogP contribution in [-0.4, -0.2) is 27.6 Å². The van der Waals surface area contributed by atoms with Crippen LogP contribution in [0.4, 0.5) is 10.1 Å². The maximum atomic E-state index is 13.5. The van der Waals surface area contributed by atoms with Gasteiger partial charge in [-0.25, -0.2) is 4.39 Å². The first-order chi connectivity index (χ1) is 12.5. The van der Waals surface area contributed by atoms with Crippen LogP contribution in [0.2, 0.25) is 0 Å². The van der Waals surface area contributed by atoms with Crippen LogP contribution in [-0.2, 0) is 22.7 Å². The van der Waals surface area contributed by atoms with Gasteiger partial charge in [0, 0.05) is 12.2 Å². The third-order valence-electron chi connectivity index (χ3n) is 4.18. The molecule has 3 rings (SSSR count). The minimum Gasteiger partial charge on any atom is -0.352 e. The molecular formula is C19H21FN4O2. The van der Waals surface area contributed by atoms with Crippen LogP contribution in [0.3, 0.4) is 0 Å². The van der Waals surface area contributed by atoms with Crippen molar-refractivity contribution >= 4 is 17.5 Å². The van der Waals surface area contributed by atoms with Crippen LogP contribution in [0.25, 0.3) is 0 Å². The number of rotatable bonds is 7. The Hall–Kier alpha value is -2.96. The summed E-state index contributed by atoms with van der Waals surface area (Å²) in [5.74, 6) is -0.684. The molecule has 0 spiro atoms. The third kappa shape index (κ3) is 4.36. The van der Waals surface area contributed by atoms with Gasteiger partial charge in [-0.05, 0) is 43.0 Å². The number of nitrogens with zero attached hydrogens (tertiary/aromatic N) is 3. The van der Waals surface area contributed by atoms with Gasteiger partial charge >= 0.3 is 0 Å². The van der Waals surface area contributed by atoms with Crippen molar-refractivity contribution in [2.75, 3.05) is 4.90 Å². The van der Waals surface area contributed by atoms with Gasteiger partial charge in [0.25, 0.3) is 5.91 Å². The highest BCUT2D eigenvalue weighted by Crippen LogP contribution is 2.20. The third-order valence-corrected chi connectivity index (χ3v) is 4.18. The van der Waals surface area contributed by atoms with Crippen molar-refractivity contribution in [1.29, 1.82) is 0 Å². The van der Waals surface area contributed by atoms with Gasteiger partial charge in [0.15, 0.2) is 0 Å². The minimum absolute atomic E-state index is 0.0992. The maximum absolute atomic E-state index is 13.5. The zero-order valence-corrected chi connectivity index (χ0v) is 14.6. The number of carbonyl (C=O) groups is 2. The van der Waals surface area contributed by atoms with E-state index in [0.717, 1.165) is 18.4 Å². The fourth-order valence-electron chi connectivity index (χ4n) is 2.62. The summed E-state index contributed by atoms with van der Waals surface area (Å²) in [6, 6.07) is 5.01. The molecule has 136 valence electrons. The second-order valence-corrected chi connectivity index (χ2v) is 6.45. The quantitative estimate of drug-likeness (QED) is 0.774. The van der Waals surface area contributed by atoms with Gasteiger partial charge in [0.2, 0.25) is 5.91 Å². The molecule has 0 saturated heterocycles. The first-order valence-electron chi connectivity index (χ1n) is 8.47. The molecule has 2 amide bonds. The van der Waals surface area contributed by atoms with Crippen molar-refractivity contribution in [3.05, 3.63) is 60.2 Å². The molecule has 0 aliphatic heterocycles. The summed E-state index contributed by atoms with van der Waals surface area (Å²) in [7, 11) is 0. The number of benzene rings is 1. The van der Waals surface area contributed by atoms with Crippen LogP contribution in [0.1, 0.15) is 24.0 Å².